The summed E-state index contributed by atoms with van der Waals surface area (Å²) >= 11 is 0. The smallest absolute Gasteiger partial charge is 0.552 e. The van der Waals surface area contributed by atoms with E-state index in [9.17, 15) is 18.3 Å². The summed E-state index contributed by atoms with van der Waals surface area (Å²) in [6, 6.07) is 24.9. The molecule has 0 N–H and O–H groups in total. The summed E-state index contributed by atoms with van der Waals surface area (Å²) in [6.45, 7) is 1.83. The Labute approximate surface area is 219 Å². The largest absolute Gasteiger partial charge is 2.00 e. The Hall–Kier alpha value is -3.22. The molecular formula is C26H23N3O4PdS. The SMILES string of the molecule is Cc1ccc(S(=O)(=O)[N-]C(Cc2ccccc2)C(=O)[O-])cc1.[Pd+2].c1ccc(-c2ccccn2)nc1. The molecule has 0 aliphatic rings. The minimum absolute atomic E-state index is 0. The van der Waals surface area contributed by atoms with E-state index in [1.807, 2.05) is 43.3 Å². The summed E-state index contributed by atoms with van der Waals surface area (Å²) in [5, 5.41) is 11.2. The molecule has 0 spiro atoms. The number of aromatic nitrogens is 2. The van der Waals surface area contributed by atoms with Gasteiger partial charge in [-0.3, -0.25) is 9.97 Å². The van der Waals surface area contributed by atoms with Gasteiger partial charge in [0.15, 0.2) is 0 Å². The minimum atomic E-state index is -4.04. The molecule has 35 heavy (non-hydrogen) atoms. The maximum Gasteiger partial charge on any atom is 2.00 e. The molecule has 182 valence electrons. The van der Waals surface area contributed by atoms with Crippen LogP contribution in [0.1, 0.15) is 11.1 Å². The van der Waals surface area contributed by atoms with Crippen LogP contribution >= 0.6 is 0 Å². The Morgan fingerprint density at radius 3 is 1.80 bits per heavy atom. The fraction of sp³-hybridized carbons (Fsp3) is 0.115. The fourth-order valence-corrected chi connectivity index (χ4v) is 4.07. The number of rotatable bonds is 7. The maximum absolute atomic E-state index is 12.2. The number of hydrogen-bond donors (Lipinski definition) is 0. The first-order chi connectivity index (χ1) is 16.3. The molecule has 2 heterocycles. The summed E-state index contributed by atoms with van der Waals surface area (Å²) in [6.07, 6.45) is 3.50. The normalized spacial score (nSPS) is 11.3. The Bertz CT molecular complexity index is 1250. The number of carbonyl (C=O) groups is 1. The molecular weight excluding hydrogens is 557 g/mol. The van der Waals surface area contributed by atoms with Gasteiger partial charge < -0.3 is 14.6 Å². The first-order valence-corrected chi connectivity index (χ1v) is 11.9. The molecule has 0 radical (unpaired) electrons. The third-order valence-electron chi connectivity index (χ3n) is 4.72. The molecule has 0 saturated heterocycles. The minimum Gasteiger partial charge on any atom is -0.552 e. The van der Waals surface area contributed by atoms with Gasteiger partial charge in [-0.2, -0.15) is 0 Å². The number of carbonyl (C=O) groups excluding carboxylic acids is 1. The topological polar surface area (TPSA) is 114 Å². The van der Waals surface area contributed by atoms with Gasteiger partial charge in [0.05, 0.1) is 11.4 Å². The zero-order valence-corrected chi connectivity index (χ0v) is 21.2. The van der Waals surface area contributed by atoms with E-state index in [0.29, 0.717) is 5.56 Å². The maximum atomic E-state index is 12.2. The van der Waals surface area contributed by atoms with Crippen LogP contribution in [0.3, 0.4) is 0 Å². The van der Waals surface area contributed by atoms with Gasteiger partial charge in [0, 0.05) is 23.3 Å². The van der Waals surface area contributed by atoms with E-state index in [2.05, 4.69) is 14.7 Å². The summed E-state index contributed by atoms with van der Waals surface area (Å²) in [5.41, 5.74) is 3.41. The van der Waals surface area contributed by atoms with E-state index < -0.39 is 22.0 Å². The Balaban J connectivity index is 0.000000280. The van der Waals surface area contributed by atoms with Crippen molar-refractivity contribution >= 4 is 16.0 Å². The van der Waals surface area contributed by atoms with E-state index in [0.717, 1.165) is 17.0 Å². The Morgan fingerprint density at radius 2 is 1.34 bits per heavy atom. The second-order valence-electron chi connectivity index (χ2n) is 7.35. The van der Waals surface area contributed by atoms with Gasteiger partial charge in [0.25, 0.3) is 0 Å². The third kappa shape index (κ3) is 8.82. The van der Waals surface area contributed by atoms with Gasteiger partial charge in [-0.25, -0.2) is 8.42 Å². The van der Waals surface area contributed by atoms with E-state index in [4.69, 9.17) is 0 Å². The van der Waals surface area contributed by atoms with Crippen molar-refractivity contribution in [1.29, 1.82) is 0 Å². The number of pyridine rings is 2. The molecule has 0 aliphatic carbocycles. The number of hydrogen-bond acceptors (Lipinski definition) is 6. The summed E-state index contributed by atoms with van der Waals surface area (Å²) in [5.74, 6) is -1.51. The van der Waals surface area contributed by atoms with E-state index >= 15 is 0 Å². The van der Waals surface area contributed by atoms with Crippen molar-refractivity contribution in [2.75, 3.05) is 0 Å². The van der Waals surface area contributed by atoms with Crippen LogP contribution in [0.25, 0.3) is 16.1 Å². The number of sulfonamides is 1. The monoisotopic (exact) mass is 579 g/mol. The molecule has 0 saturated carbocycles. The van der Waals surface area contributed by atoms with Crippen LogP contribution in [0.5, 0.6) is 0 Å². The molecule has 4 aromatic rings. The van der Waals surface area contributed by atoms with Crippen LogP contribution in [-0.4, -0.2) is 30.4 Å². The van der Waals surface area contributed by atoms with Crippen molar-refractivity contribution < 1.29 is 38.7 Å². The van der Waals surface area contributed by atoms with Crippen molar-refractivity contribution in [2.24, 2.45) is 0 Å². The third-order valence-corrected chi connectivity index (χ3v) is 6.12. The van der Waals surface area contributed by atoms with Crippen LogP contribution in [0.15, 0.2) is 108 Å². The summed E-state index contributed by atoms with van der Waals surface area (Å²) in [7, 11) is -4.04. The van der Waals surface area contributed by atoms with Crippen LogP contribution < -0.4 is 5.11 Å². The van der Waals surface area contributed by atoms with Crippen LogP contribution in [0.2, 0.25) is 0 Å². The summed E-state index contributed by atoms with van der Waals surface area (Å²) < 4.78 is 27.9. The Morgan fingerprint density at radius 1 is 0.829 bits per heavy atom. The zero-order valence-electron chi connectivity index (χ0n) is 18.8. The zero-order chi connectivity index (χ0) is 24.4. The molecule has 2 aromatic heterocycles. The number of nitrogens with zero attached hydrogens (tertiary/aromatic N) is 3. The van der Waals surface area contributed by atoms with Crippen LogP contribution in [0.4, 0.5) is 0 Å². The standard InChI is InChI=1S/C16H16NO4S.C10H8N2.Pd/c1-12-7-9-14(10-8-12)22(20,21)17-15(16(18)19)11-13-5-3-2-4-6-13;1-3-7-11-9(5-1)10-6-2-4-8-12-10;/h2-10,15H,11H2,1H3,(H,18,19);1-8H;/q-1;;+2/p-1. The molecule has 1 unspecified atom stereocenters. The molecule has 2 aromatic carbocycles. The van der Waals surface area contributed by atoms with Crippen LogP contribution in [-0.2, 0) is 41.7 Å². The number of carboxylic acid groups (broad SMARTS) is 1. The Kier molecular flexibility index (Phi) is 10.9. The number of carboxylic acids is 1. The molecule has 4 rings (SSSR count). The van der Waals surface area contributed by atoms with Gasteiger partial charge in [0.2, 0.25) is 0 Å². The van der Waals surface area contributed by atoms with Gasteiger partial charge in [-0.05, 0) is 55.3 Å². The van der Waals surface area contributed by atoms with Crippen molar-refractivity contribution in [3.63, 3.8) is 0 Å². The van der Waals surface area contributed by atoms with Gasteiger partial charge in [-0.1, -0.05) is 66.2 Å². The molecule has 9 heteroatoms. The first-order valence-electron chi connectivity index (χ1n) is 10.5. The van der Waals surface area contributed by atoms with Gasteiger partial charge in [-0.15, -0.1) is 0 Å². The number of benzene rings is 2. The average molecular weight is 580 g/mol. The molecule has 0 amide bonds. The van der Waals surface area contributed by atoms with E-state index in [-0.39, 0.29) is 31.7 Å². The second-order valence-corrected chi connectivity index (χ2v) is 8.98. The fourth-order valence-electron chi connectivity index (χ4n) is 2.97. The van der Waals surface area contributed by atoms with E-state index in [1.54, 1.807) is 54.9 Å². The van der Waals surface area contributed by atoms with Crippen molar-refractivity contribution in [3.05, 3.63) is 119 Å². The van der Waals surface area contributed by atoms with Crippen molar-refractivity contribution in [3.8, 4) is 11.4 Å². The van der Waals surface area contributed by atoms with Gasteiger partial charge in [0.1, 0.15) is 10.0 Å². The number of aryl methyl sites for hydroxylation is 1. The average Bonchev–Trinajstić information content (AvgIpc) is 2.86. The molecule has 0 bridgehead atoms. The molecule has 7 nitrogen and oxygen atoms in total. The number of aliphatic carboxylic acids is 1. The van der Waals surface area contributed by atoms with Gasteiger partial charge >= 0.3 is 20.4 Å². The van der Waals surface area contributed by atoms with Crippen molar-refractivity contribution in [1.82, 2.24) is 9.97 Å². The second kappa shape index (κ2) is 13.6. The predicted molar refractivity (Wildman–Crippen MR) is 128 cm³/mol. The summed E-state index contributed by atoms with van der Waals surface area (Å²) in [4.78, 5) is 19.5. The first kappa shape index (κ1) is 28.0. The molecule has 1 atom stereocenters. The molecule has 0 fully saturated rings. The van der Waals surface area contributed by atoms with Crippen molar-refractivity contribution in [2.45, 2.75) is 24.3 Å². The van der Waals surface area contributed by atoms with Crippen LogP contribution in [0, 0.1) is 6.92 Å². The quantitative estimate of drug-likeness (QED) is 0.309. The molecule has 0 aliphatic heterocycles. The van der Waals surface area contributed by atoms with E-state index in [1.165, 1.54) is 12.1 Å². The predicted octanol–water partition coefficient (Wildman–Crippen LogP) is 3.56.